The summed E-state index contributed by atoms with van der Waals surface area (Å²) < 4.78 is 11.5. The van der Waals surface area contributed by atoms with Crippen LogP contribution in [0.15, 0.2) is 29.2 Å². The molecule has 9 heteroatoms. The van der Waals surface area contributed by atoms with Crippen LogP contribution in [-0.4, -0.2) is 54.5 Å². The third-order valence-electron chi connectivity index (χ3n) is 4.64. The van der Waals surface area contributed by atoms with Gasteiger partial charge in [0, 0.05) is 38.8 Å². The lowest BCUT2D eigenvalue weighted by molar-refractivity contribution is 0.0944. The van der Waals surface area contributed by atoms with Gasteiger partial charge in [-0.15, -0.1) is 0 Å². The van der Waals surface area contributed by atoms with Gasteiger partial charge in [0.15, 0.2) is 0 Å². The maximum atomic E-state index is 12.5. The van der Waals surface area contributed by atoms with E-state index in [1.54, 1.807) is 31.4 Å². The van der Waals surface area contributed by atoms with E-state index in [1.165, 1.54) is 18.9 Å². The van der Waals surface area contributed by atoms with Gasteiger partial charge in [-0.3, -0.25) is 9.59 Å². The third-order valence-corrected chi connectivity index (χ3v) is 4.64. The molecule has 0 saturated carbocycles. The van der Waals surface area contributed by atoms with Crippen LogP contribution in [0.3, 0.4) is 0 Å². The lowest BCUT2D eigenvalue weighted by Gasteiger charge is -2.18. The number of nitrogens with one attached hydrogen (secondary N) is 1. The largest absolute Gasteiger partial charge is 0.481 e. The lowest BCUT2D eigenvalue weighted by Crippen LogP contribution is -2.31. The van der Waals surface area contributed by atoms with Crippen molar-refractivity contribution in [3.63, 3.8) is 0 Å². The van der Waals surface area contributed by atoms with Gasteiger partial charge in [-0.1, -0.05) is 0 Å². The Morgan fingerprint density at radius 2 is 2.15 bits per heavy atom. The number of hydrogen-bond acceptors (Lipinski definition) is 7. The quantitative estimate of drug-likeness (QED) is 0.785. The van der Waals surface area contributed by atoms with E-state index < -0.39 is 0 Å². The molecule has 0 radical (unpaired) electrons. The zero-order chi connectivity index (χ0) is 19.4. The molecule has 0 spiro atoms. The molecule has 144 valence electrons. The number of carbonyl (C=O) groups excluding carboxylic acids is 1. The monoisotopic (exact) mass is 373 g/mol. The molecule has 2 aromatic heterocycles. The fourth-order valence-electron chi connectivity index (χ4n) is 3.06. The van der Waals surface area contributed by atoms with Crippen LogP contribution in [0.1, 0.15) is 16.8 Å². The molecule has 1 N–H and O–H groups in total. The Hall–Kier alpha value is -3.10. The first-order chi connectivity index (χ1) is 13.0. The second kappa shape index (κ2) is 8.07. The summed E-state index contributed by atoms with van der Waals surface area (Å²) in [6.45, 7) is 2.11. The summed E-state index contributed by atoms with van der Waals surface area (Å²) in [5.41, 5.74) is 1.04. The Morgan fingerprint density at radius 1 is 1.33 bits per heavy atom. The summed E-state index contributed by atoms with van der Waals surface area (Å²) >= 11 is 0. The Labute approximate surface area is 156 Å². The Morgan fingerprint density at radius 3 is 2.85 bits per heavy atom. The molecule has 0 aromatic carbocycles. The standard InChI is InChI=1S/C18H23N5O4/c1-22-16(24)8-13(10-20-22)23-7-6-12(11-23)9-19-17(25)14-4-5-15(26-2)21-18(14)27-3/h4-5,8,10,12H,6-7,9,11H2,1-3H3,(H,19,25). The number of aromatic nitrogens is 3. The molecule has 1 amide bonds. The fraction of sp³-hybridized carbons (Fsp3) is 0.444. The number of carbonyl (C=O) groups is 1. The summed E-state index contributed by atoms with van der Waals surface area (Å²) in [4.78, 5) is 30.5. The second-order valence-corrected chi connectivity index (χ2v) is 6.40. The van der Waals surface area contributed by atoms with E-state index in [9.17, 15) is 9.59 Å². The van der Waals surface area contributed by atoms with Gasteiger partial charge in [-0.2, -0.15) is 10.1 Å². The maximum Gasteiger partial charge on any atom is 0.268 e. The van der Waals surface area contributed by atoms with Crippen LogP contribution in [0, 0.1) is 5.92 Å². The molecule has 0 bridgehead atoms. The zero-order valence-corrected chi connectivity index (χ0v) is 15.6. The van der Waals surface area contributed by atoms with Crippen molar-refractivity contribution in [2.45, 2.75) is 6.42 Å². The van der Waals surface area contributed by atoms with E-state index in [-0.39, 0.29) is 23.3 Å². The number of methoxy groups -OCH3 is 2. The van der Waals surface area contributed by atoms with Crippen LogP contribution in [0.25, 0.3) is 0 Å². The first-order valence-corrected chi connectivity index (χ1v) is 8.67. The molecule has 1 atom stereocenters. The van der Waals surface area contributed by atoms with Gasteiger partial charge in [0.25, 0.3) is 11.5 Å². The average molecular weight is 373 g/mol. The minimum atomic E-state index is -0.240. The van der Waals surface area contributed by atoms with Crippen LogP contribution in [0.5, 0.6) is 11.8 Å². The van der Waals surface area contributed by atoms with Crippen molar-refractivity contribution in [3.8, 4) is 11.8 Å². The van der Waals surface area contributed by atoms with E-state index in [4.69, 9.17) is 9.47 Å². The van der Waals surface area contributed by atoms with Crippen molar-refractivity contribution in [3.05, 3.63) is 40.3 Å². The maximum absolute atomic E-state index is 12.5. The molecule has 3 rings (SSSR count). The molecular weight excluding hydrogens is 350 g/mol. The van der Waals surface area contributed by atoms with Gasteiger partial charge in [0.1, 0.15) is 5.56 Å². The normalized spacial score (nSPS) is 16.3. The van der Waals surface area contributed by atoms with Crippen molar-refractivity contribution in [2.24, 2.45) is 13.0 Å². The lowest BCUT2D eigenvalue weighted by atomic mass is 10.1. The van der Waals surface area contributed by atoms with Gasteiger partial charge in [0.2, 0.25) is 11.8 Å². The number of amides is 1. The van der Waals surface area contributed by atoms with Gasteiger partial charge < -0.3 is 19.7 Å². The Bertz CT molecular complexity index is 882. The van der Waals surface area contributed by atoms with Gasteiger partial charge in [-0.25, -0.2) is 4.68 Å². The summed E-state index contributed by atoms with van der Waals surface area (Å²) in [7, 11) is 4.59. The average Bonchev–Trinajstić information content (AvgIpc) is 3.16. The van der Waals surface area contributed by atoms with E-state index in [1.807, 2.05) is 0 Å². The molecule has 3 heterocycles. The van der Waals surface area contributed by atoms with Gasteiger partial charge in [0.05, 0.1) is 26.1 Å². The van der Waals surface area contributed by atoms with E-state index >= 15 is 0 Å². The SMILES string of the molecule is COc1ccc(C(=O)NCC2CCN(c3cnn(C)c(=O)c3)C2)c(OC)n1. The predicted molar refractivity (Wildman–Crippen MR) is 99.5 cm³/mol. The molecular formula is C18H23N5O4. The number of hydrogen-bond donors (Lipinski definition) is 1. The summed E-state index contributed by atoms with van der Waals surface area (Å²) in [5, 5.41) is 6.99. The first kappa shape index (κ1) is 18.7. The van der Waals surface area contributed by atoms with Crippen LogP contribution < -0.4 is 25.2 Å². The van der Waals surface area contributed by atoms with Crippen molar-refractivity contribution >= 4 is 11.6 Å². The van der Waals surface area contributed by atoms with Crippen LogP contribution >= 0.6 is 0 Å². The molecule has 9 nitrogen and oxygen atoms in total. The van der Waals surface area contributed by atoms with E-state index in [2.05, 4.69) is 20.3 Å². The minimum absolute atomic E-state index is 0.136. The number of pyridine rings is 1. The molecule has 1 aliphatic heterocycles. The first-order valence-electron chi connectivity index (χ1n) is 8.67. The van der Waals surface area contributed by atoms with Crippen LogP contribution in [0.2, 0.25) is 0 Å². The molecule has 1 fully saturated rings. The summed E-state index contributed by atoms with van der Waals surface area (Å²) in [6, 6.07) is 4.84. The number of anilines is 1. The van der Waals surface area contributed by atoms with Crippen molar-refractivity contribution in [1.29, 1.82) is 0 Å². The van der Waals surface area contributed by atoms with E-state index in [0.29, 0.717) is 18.0 Å². The van der Waals surface area contributed by atoms with Crippen molar-refractivity contribution < 1.29 is 14.3 Å². The number of rotatable bonds is 6. The minimum Gasteiger partial charge on any atom is -0.481 e. The predicted octanol–water partition coefficient (Wildman–Crippen LogP) is 0.449. The number of aryl methyl sites for hydroxylation is 1. The smallest absolute Gasteiger partial charge is 0.268 e. The van der Waals surface area contributed by atoms with Gasteiger partial charge >= 0.3 is 0 Å². The topological polar surface area (TPSA) is 98.6 Å². The number of nitrogens with zero attached hydrogens (tertiary/aromatic N) is 4. The van der Waals surface area contributed by atoms with Gasteiger partial charge in [-0.05, 0) is 18.4 Å². The molecule has 27 heavy (non-hydrogen) atoms. The molecule has 1 saturated heterocycles. The molecule has 0 aliphatic carbocycles. The van der Waals surface area contributed by atoms with Crippen molar-refractivity contribution in [2.75, 3.05) is 38.8 Å². The zero-order valence-electron chi connectivity index (χ0n) is 15.6. The summed E-state index contributed by atoms with van der Waals surface area (Å²) in [6.07, 6.45) is 2.61. The highest BCUT2D eigenvalue weighted by Crippen LogP contribution is 2.23. The summed E-state index contributed by atoms with van der Waals surface area (Å²) in [5.74, 6) is 0.662. The van der Waals surface area contributed by atoms with Crippen LogP contribution in [-0.2, 0) is 7.05 Å². The Balaban J connectivity index is 1.58. The molecule has 1 unspecified atom stereocenters. The highest BCUT2D eigenvalue weighted by Gasteiger charge is 2.24. The fourth-order valence-corrected chi connectivity index (χ4v) is 3.06. The Kier molecular flexibility index (Phi) is 5.58. The molecule has 1 aliphatic rings. The highest BCUT2D eigenvalue weighted by atomic mass is 16.5. The number of ether oxygens (including phenoxy) is 2. The van der Waals surface area contributed by atoms with Crippen LogP contribution in [0.4, 0.5) is 5.69 Å². The third kappa shape index (κ3) is 4.18. The second-order valence-electron chi connectivity index (χ2n) is 6.40. The van der Waals surface area contributed by atoms with Crippen molar-refractivity contribution in [1.82, 2.24) is 20.1 Å². The highest BCUT2D eigenvalue weighted by molar-refractivity contribution is 5.96. The van der Waals surface area contributed by atoms with E-state index in [0.717, 1.165) is 25.2 Å². The molecule has 2 aromatic rings.